The SMILES string of the molecule is N#Cc1c[nH]n2c(=O)c(-c3c[nH]c4ccccc34)cnc12. The lowest BCUT2D eigenvalue weighted by Crippen LogP contribution is -2.16. The van der Waals surface area contributed by atoms with Gasteiger partial charge in [-0.15, -0.1) is 0 Å². The summed E-state index contributed by atoms with van der Waals surface area (Å²) >= 11 is 0. The first-order valence-corrected chi connectivity index (χ1v) is 6.35. The van der Waals surface area contributed by atoms with Crippen molar-refractivity contribution < 1.29 is 0 Å². The molecule has 4 rings (SSSR count). The number of nitrogens with one attached hydrogen (secondary N) is 2. The van der Waals surface area contributed by atoms with Crippen LogP contribution in [0.4, 0.5) is 0 Å². The van der Waals surface area contributed by atoms with E-state index in [2.05, 4.69) is 15.1 Å². The monoisotopic (exact) mass is 275 g/mol. The molecular formula is C15H9N5O. The topological polar surface area (TPSA) is 89.7 Å². The number of hydrogen-bond acceptors (Lipinski definition) is 3. The Morgan fingerprint density at radius 3 is 2.90 bits per heavy atom. The third-order valence-electron chi connectivity index (χ3n) is 3.54. The molecule has 0 aliphatic carbocycles. The highest BCUT2D eigenvalue weighted by molar-refractivity contribution is 5.95. The number of hydrogen-bond donors (Lipinski definition) is 2. The van der Waals surface area contributed by atoms with E-state index in [0.29, 0.717) is 16.8 Å². The van der Waals surface area contributed by atoms with E-state index in [4.69, 9.17) is 5.26 Å². The Labute approximate surface area is 118 Å². The van der Waals surface area contributed by atoms with Crippen molar-refractivity contribution in [3.63, 3.8) is 0 Å². The van der Waals surface area contributed by atoms with Gasteiger partial charge in [0.15, 0.2) is 5.65 Å². The number of fused-ring (bicyclic) bond motifs is 2. The van der Waals surface area contributed by atoms with E-state index >= 15 is 0 Å². The molecule has 0 saturated heterocycles. The van der Waals surface area contributed by atoms with E-state index < -0.39 is 0 Å². The molecule has 6 heteroatoms. The Hall–Kier alpha value is -3.33. The quantitative estimate of drug-likeness (QED) is 0.557. The predicted octanol–water partition coefficient (Wildman–Crippen LogP) is 2.04. The number of nitriles is 1. The van der Waals surface area contributed by atoms with Crippen molar-refractivity contribution in [1.82, 2.24) is 19.6 Å². The van der Waals surface area contributed by atoms with Gasteiger partial charge >= 0.3 is 0 Å². The van der Waals surface area contributed by atoms with Gasteiger partial charge in [-0.05, 0) is 6.07 Å². The summed E-state index contributed by atoms with van der Waals surface area (Å²) in [6.07, 6.45) is 4.79. The molecule has 6 nitrogen and oxygen atoms in total. The Kier molecular flexibility index (Phi) is 2.23. The second kappa shape index (κ2) is 4.08. The lowest BCUT2D eigenvalue weighted by Gasteiger charge is -2.00. The summed E-state index contributed by atoms with van der Waals surface area (Å²) < 4.78 is 1.29. The zero-order valence-electron chi connectivity index (χ0n) is 10.8. The molecule has 3 heterocycles. The van der Waals surface area contributed by atoms with E-state index in [-0.39, 0.29) is 5.56 Å². The standard InChI is InChI=1S/C15H9N5O/c16-5-9-6-19-20-14(9)18-8-12(15(20)21)11-7-17-13-4-2-1-3-10(11)13/h1-4,6-8,17,19H. The van der Waals surface area contributed by atoms with Crippen molar-refractivity contribution in [1.29, 1.82) is 5.26 Å². The predicted molar refractivity (Wildman–Crippen MR) is 77.8 cm³/mol. The van der Waals surface area contributed by atoms with Crippen molar-refractivity contribution >= 4 is 16.6 Å². The van der Waals surface area contributed by atoms with Gasteiger partial charge in [0.25, 0.3) is 5.56 Å². The summed E-state index contributed by atoms with van der Waals surface area (Å²) in [7, 11) is 0. The van der Waals surface area contributed by atoms with E-state index in [1.165, 1.54) is 16.9 Å². The Balaban J connectivity index is 2.06. The number of benzene rings is 1. The maximum Gasteiger partial charge on any atom is 0.280 e. The summed E-state index contributed by atoms with van der Waals surface area (Å²) in [5.41, 5.74) is 2.69. The number of rotatable bonds is 1. The minimum absolute atomic E-state index is 0.230. The van der Waals surface area contributed by atoms with Gasteiger partial charge < -0.3 is 4.98 Å². The van der Waals surface area contributed by atoms with Crippen LogP contribution in [0.1, 0.15) is 5.56 Å². The van der Waals surface area contributed by atoms with Crippen LogP contribution in [-0.4, -0.2) is 19.6 Å². The second-order valence-electron chi connectivity index (χ2n) is 4.68. The highest BCUT2D eigenvalue weighted by Crippen LogP contribution is 2.25. The minimum Gasteiger partial charge on any atom is -0.361 e. The van der Waals surface area contributed by atoms with Crippen LogP contribution in [0, 0.1) is 11.3 Å². The number of para-hydroxylation sites is 1. The summed E-state index contributed by atoms with van der Waals surface area (Å²) in [6, 6.07) is 9.75. The Bertz CT molecular complexity index is 1080. The molecule has 0 aliphatic rings. The normalized spacial score (nSPS) is 11.0. The molecule has 0 bridgehead atoms. The van der Waals surface area contributed by atoms with E-state index in [0.717, 1.165) is 16.5 Å². The Morgan fingerprint density at radius 1 is 1.19 bits per heavy atom. The first-order chi connectivity index (χ1) is 10.3. The molecule has 1 aromatic carbocycles. The number of aromatic amines is 2. The number of H-pyrrole nitrogens is 2. The molecule has 0 amide bonds. The van der Waals surface area contributed by atoms with Crippen molar-refractivity contribution in [2.24, 2.45) is 0 Å². The molecule has 4 aromatic rings. The van der Waals surface area contributed by atoms with Crippen LogP contribution in [-0.2, 0) is 0 Å². The molecular weight excluding hydrogens is 266 g/mol. The highest BCUT2D eigenvalue weighted by Gasteiger charge is 2.14. The van der Waals surface area contributed by atoms with Gasteiger partial charge in [0, 0.05) is 35.1 Å². The third kappa shape index (κ3) is 1.51. The minimum atomic E-state index is -0.230. The van der Waals surface area contributed by atoms with Crippen molar-refractivity contribution in [2.75, 3.05) is 0 Å². The van der Waals surface area contributed by atoms with Crippen LogP contribution in [0.3, 0.4) is 0 Å². The van der Waals surface area contributed by atoms with Crippen LogP contribution in [0.5, 0.6) is 0 Å². The molecule has 100 valence electrons. The van der Waals surface area contributed by atoms with Crippen LogP contribution >= 0.6 is 0 Å². The molecule has 0 aliphatic heterocycles. The zero-order chi connectivity index (χ0) is 14.4. The van der Waals surface area contributed by atoms with E-state index in [9.17, 15) is 4.79 Å². The third-order valence-corrected chi connectivity index (χ3v) is 3.54. The first-order valence-electron chi connectivity index (χ1n) is 6.35. The van der Waals surface area contributed by atoms with Crippen LogP contribution < -0.4 is 5.56 Å². The molecule has 21 heavy (non-hydrogen) atoms. The van der Waals surface area contributed by atoms with Gasteiger partial charge in [-0.25, -0.2) is 4.98 Å². The number of nitrogens with zero attached hydrogens (tertiary/aromatic N) is 3. The molecule has 0 spiro atoms. The molecule has 0 radical (unpaired) electrons. The Morgan fingerprint density at radius 2 is 2.05 bits per heavy atom. The summed E-state index contributed by atoms with van der Waals surface area (Å²) in [5.74, 6) is 0. The summed E-state index contributed by atoms with van der Waals surface area (Å²) in [5, 5.41) is 12.7. The average Bonchev–Trinajstić information content (AvgIpc) is 3.12. The fourth-order valence-corrected chi connectivity index (χ4v) is 2.52. The van der Waals surface area contributed by atoms with Gasteiger partial charge in [-0.2, -0.15) is 9.78 Å². The highest BCUT2D eigenvalue weighted by atomic mass is 16.1. The van der Waals surface area contributed by atoms with Crippen LogP contribution in [0.15, 0.2) is 47.7 Å². The van der Waals surface area contributed by atoms with Gasteiger partial charge in [0.05, 0.1) is 5.56 Å². The van der Waals surface area contributed by atoms with E-state index in [1.807, 2.05) is 30.3 Å². The smallest absolute Gasteiger partial charge is 0.280 e. The summed E-state index contributed by atoms with van der Waals surface area (Å²) in [4.78, 5) is 19.9. The fourth-order valence-electron chi connectivity index (χ4n) is 2.52. The fraction of sp³-hybridized carbons (Fsp3) is 0. The number of aromatic nitrogens is 4. The average molecular weight is 275 g/mol. The lowest BCUT2D eigenvalue weighted by atomic mass is 10.1. The van der Waals surface area contributed by atoms with E-state index in [1.54, 1.807) is 6.20 Å². The van der Waals surface area contributed by atoms with Crippen molar-refractivity contribution in [2.45, 2.75) is 0 Å². The molecule has 0 atom stereocenters. The molecule has 0 fully saturated rings. The maximum absolute atomic E-state index is 12.6. The lowest BCUT2D eigenvalue weighted by molar-refractivity contribution is 0.902. The maximum atomic E-state index is 12.6. The summed E-state index contributed by atoms with van der Waals surface area (Å²) in [6.45, 7) is 0. The zero-order valence-corrected chi connectivity index (χ0v) is 10.8. The van der Waals surface area contributed by atoms with Gasteiger partial charge in [0.2, 0.25) is 0 Å². The van der Waals surface area contributed by atoms with Crippen LogP contribution in [0.25, 0.3) is 27.7 Å². The molecule has 0 saturated carbocycles. The second-order valence-corrected chi connectivity index (χ2v) is 4.68. The van der Waals surface area contributed by atoms with Gasteiger partial charge in [-0.1, -0.05) is 18.2 Å². The van der Waals surface area contributed by atoms with Gasteiger partial charge in [0.1, 0.15) is 11.6 Å². The first kappa shape index (κ1) is 11.5. The molecule has 2 N–H and O–H groups in total. The molecule has 0 unspecified atom stereocenters. The largest absolute Gasteiger partial charge is 0.361 e. The van der Waals surface area contributed by atoms with Crippen molar-refractivity contribution in [3.8, 4) is 17.2 Å². The van der Waals surface area contributed by atoms with Crippen LogP contribution in [0.2, 0.25) is 0 Å². The van der Waals surface area contributed by atoms with Crippen molar-refractivity contribution in [3.05, 3.63) is 58.8 Å². The van der Waals surface area contributed by atoms with Gasteiger partial charge in [-0.3, -0.25) is 9.89 Å². The molecule has 3 aromatic heterocycles.